The highest BCUT2D eigenvalue weighted by atomic mass is 28.2. The molecule has 0 aromatic heterocycles. The third-order valence-corrected chi connectivity index (χ3v) is 0. The summed E-state index contributed by atoms with van der Waals surface area (Å²) < 4.78 is 0. The van der Waals surface area contributed by atoms with Gasteiger partial charge in [-0.15, -0.1) is 0 Å². The summed E-state index contributed by atoms with van der Waals surface area (Å²) in [7, 11) is 0.306. The Hall–Kier alpha value is 0.0969. The first-order valence-corrected chi connectivity index (χ1v) is 1.34. The Bertz CT molecular complexity index is 6.00. The second-order valence-corrected chi connectivity index (χ2v) is 0. The summed E-state index contributed by atoms with van der Waals surface area (Å²) >= 11 is 0. The molecular formula is H9NO2Si. The first-order valence-electron chi connectivity index (χ1n) is 0.447. The van der Waals surface area contributed by atoms with Crippen LogP contribution in [0.1, 0.15) is 0 Å². The molecule has 3 nitrogen and oxygen atoms in total. The van der Waals surface area contributed by atoms with E-state index >= 15 is 0 Å². The van der Waals surface area contributed by atoms with E-state index in [-0.39, 0.29) is 11.6 Å². The summed E-state index contributed by atoms with van der Waals surface area (Å²) in [6.07, 6.45) is 0. The number of hydrogen-bond donors (Lipinski definition) is 2. The van der Waals surface area contributed by atoms with Gasteiger partial charge in [-0.2, -0.15) is 0 Å². The van der Waals surface area contributed by atoms with Crippen LogP contribution in [0.3, 0.4) is 0 Å². The van der Waals surface area contributed by atoms with Crippen LogP contribution in [0.25, 0.3) is 0 Å². The van der Waals surface area contributed by atoms with Crippen molar-refractivity contribution < 1.29 is 10.3 Å². The third-order valence-electron chi connectivity index (χ3n) is 0. The summed E-state index contributed by atoms with van der Waals surface area (Å²) in [4.78, 5) is 7.14. The summed E-state index contributed by atoms with van der Waals surface area (Å²) in [5.41, 5.74) is 0. The lowest BCUT2D eigenvalue weighted by Gasteiger charge is -1.19. The van der Waals surface area contributed by atoms with Crippen LogP contribution in [0.2, 0.25) is 0 Å². The van der Waals surface area contributed by atoms with Gasteiger partial charge in [0.15, 0.2) is 0 Å². The molecule has 0 radical (unpaired) electrons. The molecule has 0 fully saturated rings. The van der Waals surface area contributed by atoms with Gasteiger partial charge in [0, 0.05) is 0 Å². The van der Waals surface area contributed by atoms with Gasteiger partial charge in [-0.25, -0.2) is 0 Å². The number of hydrogen-bond acceptors (Lipinski definition) is 2. The molecule has 0 saturated carbocycles. The Labute approximate surface area is 28.1 Å². The minimum atomic E-state index is 0. The van der Waals surface area contributed by atoms with E-state index in [0.717, 1.165) is 0 Å². The molecule has 0 aliphatic carbocycles. The van der Waals surface area contributed by atoms with Crippen molar-refractivity contribution in [2.24, 2.45) is 0 Å². The quantitative estimate of drug-likeness (QED) is 0.320. The highest BCUT2D eigenvalue weighted by Crippen LogP contribution is 0.666. The van der Waals surface area contributed by atoms with Crippen LogP contribution >= 0.6 is 0 Å². The molecule has 0 saturated heterocycles. The lowest BCUT2D eigenvalue weighted by molar-refractivity contribution is 0.629. The van der Waals surface area contributed by atoms with Gasteiger partial charge in [-0.1, -0.05) is 0 Å². The highest BCUT2D eigenvalue weighted by Gasteiger charge is 0.891. The van der Waals surface area contributed by atoms with Crippen LogP contribution in [-0.4, -0.2) is 20.8 Å². The lowest BCUT2D eigenvalue weighted by Crippen LogP contribution is -1.34. The van der Waals surface area contributed by atoms with Crippen molar-refractivity contribution >= 4 is 10.5 Å². The van der Waals surface area contributed by atoms with Crippen LogP contribution in [0, 0.1) is 0 Å². The standard InChI is InChI=1S/H3N.H4OSi.H2O/c;1-2;/h1H3;1H,2H3;1H2. The molecule has 0 aliphatic heterocycles. The second kappa shape index (κ2) is 1450. The zero-order valence-electron chi connectivity index (χ0n) is 2.65. The smallest absolute Gasteiger partial charge is 0.141 e. The van der Waals surface area contributed by atoms with Gasteiger partial charge >= 0.3 is 0 Å². The van der Waals surface area contributed by atoms with E-state index < -0.39 is 0 Å². The van der Waals surface area contributed by atoms with E-state index in [1.807, 2.05) is 0 Å². The molecule has 6 N–H and O–H groups in total. The zero-order chi connectivity index (χ0) is 2.00. The SMILES string of the molecule is N.O.O[SiH3]. The van der Waals surface area contributed by atoms with E-state index in [2.05, 4.69) is 0 Å². The molecule has 0 amide bonds. The summed E-state index contributed by atoms with van der Waals surface area (Å²) in [5, 5.41) is 0. The molecule has 0 aromatic rings. The average molecular weight is 83.2 g/mol. The molecule has 0 rings (SSSR count). The monoisotopic (exact) mass is 83.0 g/mol. The fraction of sp³-hybridized carbons (Fsp3) is 0. The second-order valence-electron chi connectivity index (χ2n) is 0. The number of rotatable bonds is 0. The molecule has 0 aromatic carbocycles. The average Bonchev–Trinajstić information content (AvgIpc) is 1.00. The Morgan fingerprint density at radius 2 is 1.25 bits per heavy atom. The van der Waals surface area contributed by atoms with Crippen molar-refractivity contribution in [1.82, 2.24) is 6.15 Å². The molecule has 4 heteroatoms. The fourth-order valence-corrected chi connectivity index (χ4v) is 0. The summed E-state index contributed by atoms with van der Waals surface area (Å²) in [6, 6.07) is 0. The molecule has 30 valence electrons. The van der Waals surface area contributed by atoms with E-state index in [9.17, 15) is 0 Å². The molecule has 0 atom stereocenters. The van der Waals surface area contributed by atoms with E-state index in [4.69, 9.17) is 4.80 Å². The van der Waals surface area contributed by atoms with Crippen molar-refractivity contribution in [3.63, 3.8) is 0 Å². The van der Waals surface area contributed by atoms with E-state index in [1.165, 1.54) is 0 Å². The van der Waals surface area contributed by atoms with Crippen LogP contribution in [0.4, 0.5) is 0 Å². The Morgan fingerprint density at radius 1 is 1.25 bits per heavy atom. The lowest BCUT2D eigenvalue weighted by atomic mass is 14.0. The van der Waals surface area contributed by atoms with Gasteiger partial charge in [0.1, 0.15) is 10.5 Å². The predicted molar refractivity (Wildman–Crippen MR) is 20.8 cm³/mol. The van der Waals surface area contributed by atoms with Crippen molar-refractivity contribution in [2.75, 3.05) is 0 Å². The highest BCUT2D eigenvalue weighted by molar-refractivity contribution is 5.95. The zero-order valence-corrected chi connectivity index (χ0v) is 4.65. The Kier molecular flexibility index (Phi) is 11800. The maximum absolute atomic E-state index is 7.14. The molecule has 0 bridgehead atoms. The van der Waals surface area contributed by atoms with Crippen LogP contribution < -0.4 is 6.15 Å². The van der Waals surface area contributed by atoms with Gasteiger partial charge in [-0.05, 0) is 0 Å². The van der Waals surface area contributed by atoms with Crippen LogP contribution in [0.15, 0.2) is 0 Å². The first kappa shape index (κ1) is 32.7. The largest absolute Gasteiger partial charge is 0.442 e. The molecule has 0 unspecified atom stereocenters. The van der Waals surface area contributed by atoms with E-state index in [1.54, 1.807) is 0 Å². The minimum Gasteiger partial charge on any atom is -0.442 e. The van der Waals surface area contributed by atoms with Crippen molar-refractivity contribution in [3.05, 3.63) is 0 Å². The fourth-order valence-electron chi connectivity index (χ4n) is 0. The van der Waals surface area contributed by atoms with Crippen molar-refractivity contribution in [2.45, 2.75) is 0 Å². The van der Waals surface area contributed by atoms with Gasteiger partial charge in [-0.3, -0.25) is 0 Å². The molecule has 4 heavy (non-hydrogen) atoms. The molecule has 0 heterocycles. The van der Waals surface area contributed by atoms with Crippen LogP contribution in [0.5, 0.6) is 0 Å². The Morgan fingerprint density at radius 3 is 1.25 bits per heavy atom. The van der Waals surface area contributed by atoms with Gasteiger partial charge in [0.05, 0.1) is 0 Å². The Balaban J connectivity index is -0.00000000500. The predicted octanol–water partition coefficient (Wildman–Crippen LogP) is -2.40. The first-order chi connectivity index (χ1) is 1.00. The van der Waals surface area contributed by atoms with E-state index in [0.29, 0.717) is 10.5 Å². The summed E-state index contributed by atoms with van der Waals surface area (Å²) in [5.74, 6) is 0. The van der Waals surface area contributed by atoms with Gasteiger partial charge in [0.25, 0.3) is 0 Å². The normalized spacial score (nSPS) is 2.25. The van der Waals surface area contributed by atoms with Crippen molar-refractivity contribution in [1.29, 1.82) is 0 Å². The van der Waals surface area contributed by atoms with Crippen LogP contribution in [-0.2, 0) is 0 Å². The third kappa shape index (κ3) is 269. The molecular weight excluding hydrogens is 74.1 g/mol. The minimum absolute atomic E-state index is 0. The van der Waals surface area contributed by atoms with Gasteiger partial charge in [0.2, 0.25) is 0 Å². The summed E-state index contributed by atoms with van der Waals surface area (Å²) in [6.45, 7) is 0. The molecule has 0 aliphatic rings. The maximum Gasteiger partial charge on any atom is 0.141 e. The van der Waals surface area contributed by atoms with Gasteiger partial charge < -0.3 is 16.4 Å². The molecule has 0 spiro atoms. The van der Waals surface area contributed by atoms with Crippen molar-refractivity contribution in [3.8, 4) is 0 Å². The maximum atomic E-state index is 7.14. The topological polar surface area (TPSA) is 86.7 Å².